The maximum atomic E-state index is 5.13. The monoisotopic (exact) mass is 611 g/mol. The van der Waals surface area contributed by atoms with Crippen LogP contribution in [-0.2, 0) is 46.3 Å². The number of methoxy groups -OCH3 is 2. The van der Waals surface area contributed by atoms with Crippen molar-refractivity contribution >= 4 is 48.0 Å². The third kappa shape index (κ3) is 12.5. The van der Waals surface area contributed by atoms with Crippen LogP contribution in [0.4, 0.5) is 0 Å². The summed E-state index contributed by atoms with van der Waals surface area (Å²) in [6.07, 6.45) is 3.14. The maximum Gasteiger partial charge on any atom is 2.00 e. The Morgan fingerprint density at radius 3 is 1.28 bits per heavy atom. The molecule has 0 radical (unpaired) electrons. The summed E-state index contributed by atoms with van der Waals surface area (Å²) in [5, 5.41) is 14.4. The van der Waals surface area contributed by atoms with Crippen molar-refractivity contribution in [2.24, 2.45) is 31.9 Å². The Morgan fingerprint density at radius 2 is 1.03 bits per heavy atom. The fraction of sp³-hybridized carbons (Fsp3) is 0.111. The van der Waals surface area contributed by atoms with E-state index in [2.05, 4.69) is 45.7 Å². The number of hydrogen-bond donors (Lipinski definition) is 2. The van der Waals surface area contributed by atoms with Crippen LogP contribution in [0.5, 0.6) is 11.5 Å². The van der Waals surface area contributed by atoms with Crippen molar-refractivity contribution in [3.05, 3.63) is 59.7 Å². The van der Waals surface area contributed by atoms with Crippen molar-refractivity contribution in [3.63, 3.8) is 0 Å². The predicted octanol–water partition coefficient (Wildman–Crippen LogP) is 1.78. The van der Waals surface area contributed by atoms with Gasteiger partial charge in [0.1, 0.15) is 11.5 Å². The van der Waals surface area contributed by atoms with Gasteiger partial charge in [-0.2, -0.15) is 20.4 Å². The van der Waals surface area contributed by atoms with Gasteiger partial charge in [-0.3, -0.25) is 0 Å². The van der Waals surface area contributed by atoms with E-state index in [0.717, 1.165) is 22.6 Å². The summed E-state index contributed by atoms with van der Waals surface area (Å²) >= 11 is 9.06. The molecule has 2 aromatic carbocycles. The smallest absolute Gasteiger partial charge is 0.741 e. The summed E-state index contributed by atoms with van der Waals surface area (Å²) < 4.78 is 10.0. The van der Waals surface area contributed by atoms with Gasteiger partial charge in [0.15, 0.2) is 0 Å². The van der Waals surface area contributed by atoms with Crippen molar-refractivity contribution in [1.82, 2.24) is 0 Å². The van der Waals surface area contributed by atoms with Gasteiger partial charge in [-0.05, 0) is 70.0 Å². The Morgan fingerprint density at radius 1 is 0.724 bits per heavy atom. The molecule has 29 heavy (non-hydrogen) atoms. The molecule has 2 aromatic rings. The first-order valence-corrected chi connectivity index (χ1v) is 8.61. The minimum absolute atomic E-state index is 0. The van der Waals surface area contributed by atoms with E-state index >= 15 is 0 Å². The molecule has 0 saturated heterocycles. The Kier molecular flexibility index (Phi) is 14.0. The van der Waals surface area contributed by atoms with Crippen molar-refractivity contribution in [3.8, 4) is 11.5 Å². The van der Waals surface area contributed by atoms with E-state index in [9.17, 15) is 0 Å². The molecule has 4 N–H and O–H groups in total. The van der Waals surface area contributed by atoms with Gasteiger partial charge in [0.2, 0.25) is 0 Å². The summed E-state index contributed by atoms with van der Waals surface area (Å²) in [5.74, 6) is 1.60. The third-order valence-corrected chi connectivity index (χ3v) is 3.12. The second kappa shape index (κ2) is 15.4. The van der Waals surface area contributed by atoms with E-state index in [1.54, 1.807) is 26.6 Å². The molecule has 0 atom stereocenters. The largest absolute Gasteiger partial charge is 2.00 e. The molecule has 0 aliphatic heterocycles. The number of rotatable bonds is 6. The predicted molar refractivity (Wildman–Crippen MR) is 119 cm³/mol. The number of nitrogens with zero attached hydrogens (tertiary/aromatic N) is 4. The first-order valence-electron chi connectivity index (χ1n) is 7.79. The van der Waals surface area contributed by atoms with E-state index in [1.807, 2.05) is 48.5 Å². The second-order valence-corrected chi connectivity index (χ2v) is 5.75. The summed E-state index contributed by atoms with van der Waals surface area (Å²) in [4.78, 5) is 0. The topological polar surface area (TPSA) is 120 Å². The summed E-state index contributed by atoms with van der Waals surface area (Å²) in [5.41, 5.74) is 12.1. The molecule has 0 aliphatic rings. The molecule has 0 heterocycles. The Hall–Kier alpha value is -2.55. The van der Waals surface area contributed by atoms with E-state index in [1.165, 1.54) is 0 Å². The maximum absolute atomic E-state index is 5.13. The Labute approximate surface area is 195 Å². The zero-order valence-corrected chi connectivity index (χ0v) is 19.6. The van der Waals surface area contributed by atoms with Gasteiger partial charge < -0.3 is 46.2 Å². The molecule has 0 spiro atoms. The molecule has 11 heteroatoms. The standard InChI is InChI=1S/2C9H11N3OS.Pt/c2*1-13-8-4-2-7(3-5-8)6-11-12-9(10)14;/h2*2-6H,1H3,(H3,10,12,14);/q;;+2/p-2/b2*11-6+;. The molecule has 0 saturated carbocycles. The SMILES string of the molecule is COc1ccc(/C=N/N=C(/N)[S-])cc1.COc1ccc(/C=N/N=C(/N)[S-])cc1.[Pt+2]. The van der Waals surface area contributed by atoms with Crippen molar-refractivity contribution in [2.75, 3.05) is 14.2 Å². The fourth-order valence-electron chi connectivity index (χ4n) is 1.68. The van der Waals surface area contributed by atoms with Gasteiger partial charge in [0.05, 0.1) is 26.6 Å². The van der Waals surface area contributed by atoms with Crippen LogP contribution in [0.2, 0.25) is 0 Å². The van der Waals surface area contributed by atoms with Crippen LogP contribution in [0.15, 0.2) is 68.9 Å². The van der Waals surface area contributed by atoms with Gasteiger partial charge in [-0.15, -0.1) is 0 Å². The number of hydrogen-bond acceptors (Lipinski definition) is 8. The first-order chi connectivity index (χ1) is 13.4. The molecule has 0 amide bonds. The van der Waals surface area contributed by atoms with E-state index in [-0.39, 0.29) is 31.4 Å². The zero-order valence-electron chi connectivity index (χ0n) is 15.7. The fourth-order valence-corrected chi connectivity index (χ4v) is 1.78. The summed E-state index contributed by atoms with van der Waals surface area (Å²) in [6, 6.07) is 14.8. The van der Waals surface area contributed by atoms with E-state index < -0.39 is 0 Å². The third-order valence-electron chi connectivity index (χ3n) is 2.96. The van der Waals surface area contributed by atoms with Gasteiger partial charge >= 0.3 is 21.1 Å². The molecule has 0 unspecified atom stereocenters. The molecular weight excluding hydrogens is 591 g/mol. The van der Waals surface area contributed by atoms with E-state index in [4.69, 9.17) is 20.9 Å². The number of nitrogens with two attached hydrogens (primary N) is 2. The van der Waals surface area contributed by atoms with Crippen LogP contribution in [0, 0.1) is 0 Å². The van der Waals surface area contributed by atoms with Crippen LogP contribution >= 0.6 is 0 Å². The average molecular weight is 612 g/mol. The summed E-state index contributed by atoms with van der Waals surface area (Å²) in [7, 11) is 3.23. The number of ether oxygens (including phenoxy) is 2. The average Bonchev–Trinajstić information content (AvgIpc) is 2.69. The molecule has 156 valence electrons. The van der Waals surface area contributed by atoms with Crippen LogP contribution in [0.25, 0.3) is 0 Å². The van der Waals surface area contributed by atoms with Crippen LogP contribution in [0.1, 0.15) is 11.1 Å². The van der Waals surface area contributed by atoms with Gasteiger partial charge in [0, 0.05) is 0 Å². The van der Waals surface area contributed by atoms with Crippen LogP contribution in [0.3, 0.4) is 0 Å². The minimum Gasteiger partial charge on any atom is -0.741 e. The first kappa shape index (κ1) is 26.4. The van der Waals surface area contributed by atoms with Crippen molar-refractivity contribution < 1.29 is 30.5 Å². The quantitative estimate of drug-likeness (QED) is 0.223. The summed E-state index contributed by atoms with van der Waals surface area (Å²) in [6.45, 7) is 0. The van der Waals surface area contributed by atoms with Gasteiger partial charge in [0.25, 0.3) is 0 Å². The Bertz CT molecular complexity index is 761. The van der Waals surface area contributed by atoms with Crippen LogP contribution in [-0.4, -0.2) is 37.0 Å². The minimum atomic E-state index is 0. The van der Waals surface area contributed by atoms with Crippen molar-refractivity contribution in [1.29, 1.82) is 0 Å². The molecule has 0 aliphatic carbocycles. The van der Waals surface area contributed by atoms with Gasteiger partial charge in [-0.1, -0.05) is 0 Å². The molecule has 0 aromatic heterocycles. The molecule has 2 rings (SSSR count). The molecule has 0 fully saturated rings. The Balaban J connectivity index is 0.000000523. The second-order valence-electron chi connectivity index (χ2n) is 4.91. The zero-order chi connectivity index (χ0) is 20.8. The normalized spacial score (nSPS) is 11.5. The molecule has 0 bridgehead atoms. The van der Waals surface area contributed by atoms with Crippen molar-refractivity contribution in [2.45, 2.75) is 0 Å². The number of benzene rings is 2. The molecule has 8 nitrogen and oxygen atoms in total. The van der Waals surface area contributed by atoms with E-state index in [0.29, 0.717) is 0 Å². The van der Waals surface area contributed by atoms with Crippen LogP contribution < -0.4 is 20.9 Å². The number of amidine groups is 2. The molecular formula is C18H20N6O2PtS2. The van der Waals surface area contributed by atoms with Gasteiger partial charge in [-0.25, -0.2) is 0 Å².